The summed E-state index contributed by atoms with van der Waals surface area (Å²) in [5.41, 5.74) is 3.17. The van der Waals surface area contributed by atoms with Gasteiger partial charge in [-0.05, 0) is 47.1 Å². The molecular weight excluding hydrogens is 352 g/mol. The Labute approximate surface area is 134 Å². The van der Waals surface area contributed by atoms with Crippen molar-refractivity contribution < 1.29 is 0 Å². The van der Waals surface area contributed by atoms with Crippen molar-refractivity contribution in [3.63, 3.8) is 0 Å². The number of hydrogen-bond acceptors (Lipinski definition) is 2. The number of nitroso groups, excluding NO2 is 1. The van der Waals surface area contributed by atoms with E-state index in [0.717, 1.165) is 26.6 Å². The number of hydrogen-bond donors (Lipinski definition) is 1. The van der Waals surface area contributed by atoms with Gasteiger partial charge in [0.25, 0.3) is 0 Å². The van der Waals surface area contributed by atoms with Gasteiger partial charge in [0, 0.05) is 21.1 Å². The van der Waals surface area contributed by atoms with Crippen molar-refractivity contribution in [1.82, 2.24) is 4.98 Å². The van der Waals surface area contributed by atoms with Gasteiger partial charge in [0.1, 0.15) is 5.69 Å². The van der Waals surface area contributed by atoms with E-state index in [-0.39, 0.29) is 5.69 Å². The Bertz CT molecular complexity index is 855. The zero-order valence-electron chi connectivity index (χ0n) is 10.8. The molecule has 0 aliphatic carbocycles. The molecule has 1 N–H and O–H groups in total. The molecule has 21 heavy (non-hydrogen) atoms. The molecule has 2 aromatic carbocycles. The van der Waals surface area contributed by atoms with Crippen molar-refractivity contribution >= 4 is 56.3 Å². The number of H-pyrrole nitrogens is 1. The Morgan fingerprint density at radius 2 is 1.95 bits per heavy atom. The van der Waals surface area contributed by atoms with Crippen LogP contribution in [0.25, 0.3) is 23.1 Å². The van der Waals surface area contributed by atoms with Crippen LogP contribution < -0.4 is 0 Å². The first-order valence-corrected chi connectivity index (χ1v) is 7.42. The van der Waals surface area contributed by atoms with Gasteiger partial charge in [-0.15, -0.1) is 4.91 Å². The Balaban J connectivity index is 1.92. The van der Waals surface area contributed by atoms with Crippen molar-refractivity contribution in [3.05, 3.63) is 68.1 Å². The molecule has 0 fully saturated rings. The fourth-order valence-electron chi connectivity index (χ4n) is 2.10. The van der Waals surface area contributed by atoms with Crippen molar-refractivity contribution in [2.45, 2.75) is 0 Å². The number of aromatic nitrogens is 1. The third-order valence-corrected chi connectivity index (χ3v) is 3.94. The van der Waals surface area contributed by atoms with Crippen LogP contribution in [0.1, 0.15) is 11.3 Å². The molecule has 0 aliphatic rings. The van der Waals surface area contributed by atoms with E-state index in [2.05, 4.69) is 32.2 Å². The summed E-state index contributed by atoms with van der Waals surface area (Å²) in [6.07, 6.45) is 3.86. The highest BCUT2D eigenvalue weighted by atomic mass is 79.9. The smallest absolute Gasteiger partial charge is 0.127 e. The molecule has 0 unspecified atom stereocenters. The largest absolute Gasteiger partial charge is 0.355 e. The average Bonchev–Trinajstić information content (AvgIpc) is 2.88. The van der Waals surface area contributed by atoms with Crippen molar-refractivity contribution in [1.29, 1.82) is 0 Å². The van der Waals surface area contributed by atoms with E-state index in [1.54, 1.807) is 12.1 Å². The zero-order chi connectivity index (χ0) is 14.8. The van der Waals surface area contributed by atoms with Crippen LogP contribution in [0.2, 0.25) is 5.02 Å². The Hall–Kier alpha value is -1.91. The first kappa shape index (κ1) is 14.0. The molecule has 3 nitrogen and oxygen atoms in total. The highest BCUT2D eigenvalue weighted by Crippen LogP contribution is 2.27. The van der Waals surface area contributed by atoms with Gasteiger partial charge in [0.2, 0.25) is 0 Å². The summed E-state index contributed by atoms with van der Waals surface area (Å²) in [5.74, 6) is 0. The second kappa shape index (κ2) is 5.84. The van der Waals surface area contributed by atoms with E-state index < -0.39 is 0 Å². The molecular formula is C16H10BrClN2O. The minimum absolute atomic E-state index is 0.249. The predicted octanol–water partition coefficient (Wildman–Crippen LogP) is 6.15. The Kier molecular flexibility index (Phi) is 3.90. The molecule has 0 bridgehead atoms. The molecule has 0 amide bonds. The zero-order valence-corrected chi connectivity index (χ0v) is 13.1. The van der Waals surface area contributed by atoms with Crippen LogP contribution in [-0.4, -0.2) is 4.98 Å². The molecule has 5 heteroatoms. The van der Waals surface area contributed by atoms with Gasteiger partial charge in [-0.3, -0.25) is 0 Å². The number of halogens is 2. The van der Waals surface area contributed by atoms with Crippen LogP contribution >= 0.6 is 27.5 Å². The highest BCUT2D eigenvalue weighted by Gasteiger charge is 2.01. The van der Waals surface area contributed by atoms with Crippen LogP contribution in [0.15, 0.2) is 52.1 Å². The topological polar surface area (TPSA) is 45.2 Å². The second-order valence-corrected chi connectivity index (χ2v) is 5.91. The van der Waals surface area contributed by atoms with Crippen molar-refractivity contribution in [2.24, 2.45) is 5.18 Å². The van der Waals surface area contributed by atoms with E-state index in [1.807, 2.05) is 36.4 Å². The van der Waals surface area contributed by atoms with Crippen LogP contribution in [0.3, 0.4) is 0 Å². The van der Waals surface area contributed by atoms with E-state index in [9.17, 15) is 4.91 Å². The van der Waals surface area contributed by atoms with E-state index >= 15 is 0 Å². The molecule has 1 heterocycles. The standard InChI is InChI=1S/C16H10BrClN2O/c17-12-4-3-11-8-13(19-15(11)9-12)5-1-10-2-6-14(18)16(7-10)20-21/h1-9,19H/b5-1+. The molecule has 0 saturated carbocycles. The normalized spacial score (nSPS) is 11.3. The lowest BCUT2D eigenvalue weighted by atomic mass is 10.2. The number of rotatable bonds is 3. The number of aromatic amines is 1. The summed E-state index contributed by atoms with van der Waals surface area (Å²) in [7, 11) is 0. The van der Waals surface area contributed by atoms with Gasteiger partial charge in [-0.1, -0.05) is 45.7 Å². The van der Waals surface area contributed by atoms with E-state index in [4.69, 9.17) is 11.6 Å². The molecule has 0 radical (unpaired) electrons. The molecule has 104 valence electrons. The average molecular weight is 362 g/mol. The summed E-state index contributed by atoms with van der Waals surface area (Å²) in [6, 6.07) is 13.3. The van der Waals surface area contributed by atoms with Crippen LogP contribution in [0.5, 0.6) is 0 Å². The van der Waals surface area contributed by atoms with Crippen molar-refractivity contribution in [2.75, 3.05) is 0 Å². The number of nitrogens with zero attached hydrogens (tertiary/aromatic N) is 1. The monoisotopic (exact) mass is 360 g/mol. The minimum atomic E-state index is 0.249. The summed E-state index contributed by atoms with van der Waals surface area (Å²) >= 11 is 9.30. The maximum Gasteiger partial charge on any atom is 0.127 e. The molecule has 0 spiro atoms. The first-order valence-electron chi connectivity index (χ1n) is 6.25. The summed E-state index contributed by atoms with van der Waals surface area (Å²) in [4.78, 5) is 14.0. The van der Waals surface area contributed by atoms with Crippen LogP contribution in [0, 0.1) is 4.91 Å². The minimum Gasteiger partial charge on any atom is -0.355 e. The number of fused-ring (bicyclic) bond motifs is 1. The number of nitrogens with one attached hydrogen (secondary N) is 1. The molecule has 0 saturated heterocycles. The first-order chi connectivity index (χ1) is 10.2. The highest BCUT2D eigenvalue weighted by molar-refractivity contribution is 9.10. The van der Waals surface area contributed by atoms with Crippen molar-refractivity contribution in [3.8, 4) is 0 Å². The third kappa shape index (κ3) is 3.06. The lowest BCUT2D eigenvalue weighted by Gasteiger charge is -1.96. The van der Waals surface area contributed by atoms with Crippen LogP contribution in [0.4, 0.5) is 5.69 Å². The van der Waals surface area contributed by atoms with Gasteiger partial charge in [0.15, 0.2) is 0 Å². The summed E-state index contributed by atoms with van der Waals surface area (Å²) in [6.45, 7) is 0. The molecule has 3 aromatic rings. The van der Waals surface area contributed by atoms with E-state index in [1.165, 1.54) is 0 Å². The Morgan fingerprint density at radius 1 is 1.10 bits per heavy atom. The van der Waals surface area contributed by atoms with Gasteiger partial charge < -0.3 is 4.98 Å². The summed E-state index contributed by atoms with van der Waals surface area (Å²) in [5, 5.41) is 4.40. The quantitative estimate of drug-likeness (QED) is 0.558. The SMILES string of the molecule is O=Nc1cc(/C=C/c2cc3ccc(Br)cc3[nH]2)ccc1Cl. The lowest BCUT2D eigenvalue weighted by Crippen LogP contribution is -1.74. The van der Waals surface area contributed by atoms with Gasteiger partial charge in [-0.2, -0.15) is 0 Å². The summed E-state index contributed by atoms with van der Waals surface area (Å²) < 4.78 is 1.03. The molecule has 3 rings (SSSR count). The molecule has 0 aliphatic heterocycles. The second-order valence-electron chi connectivity index (χ2n) is 4.59. The predicted molar refractivity (Wildman–Crippen MR) is 91.8 cm³/mol. The maximum absolute atomic E-state index is 10.6. The van der Waals surface area contributed by atoms with Gasteiger partial charge in [-0.25, -0.2) is 0 Å². The van der Waals surface area contributed by atoms with Gasteiger partial charge in [0.05, 0.1) is 5.02 Å². The van der Waals surface area contributed by atoms with Gasteiger partial charge >= 0.3 is 0 Å². The maximum atomic E-state index is 10.6. The fourth-order valence-corrected chi connectivity index (χ4v) is 2.61. The third-order valence-electron chi connectivity index (χ3n) is 3.13. The fraction of sp³-hybridized carbons (Fsp3) is 0. The lowest BCUT2D eigenvalue weighted by molar-refractivity contribution is 1.43. The molecule has 0 atom stereocenters. The Morgan fingerprint density at radius 3 is 2.76 bits per heavy atom. The number of benzene rings is 2. The van der Waals surface area contributed by atoms with Crippen LogP contribution in [-0.2, 0) is 0 Å². The van der Waals surface area contributed by atoms with E-state index in [0.29, 0.717) is 5.02 Å². The molecule has 1 aromatic heterocycles.